The molecule has 7 nitrogen and oxygen atoms in total. The fourth-order valence-corrected chi connectivity index (χ4v) is 2.89. The van der Waals surface area contributed by atoms with Gasteiger partial charge in [-0.3, -0.25) is 4.98 Å². The number of pyridine rings is 1. The van der Waals surface area contributed by atoms with Crippen molar-refractivity contribution in [3.8, 4) is 0 Å². The number of hydrogen-bond acceptors (Lipinski definition) is 7. The highest BCUT2D eigenvalue weighted by Crippen LogP contribution is 2.27. The number of aliphatic hydroxyl groups is 1. The molecule has 0 aliphatic carbocycles. The number of hydrogen-bond donors (Lipinski definition) is 2. The summed E-state index contributed by atoms with van der Waals surface area (Å²) in [4.78, 5) is 15.5. The van der Waals surface area contributed by atoms with Gasteiger partial charge in [-0.25, -0.2) is 4.98 Å². The molecule has 0 saturated carbocycles. The van der Waals surface area contributed by atoms with Gasteiger partial charge in [0.1, 0.15) is 5.82 Å². The first-order valence-electron chi connectivity index (χ1n) is 8.59. The van der Waals surface area contributed by atoms with Crippen LogP contribution in [-0.4, -0.2) is 53.5 Å². The Hall–Kier alpha value is -2.25. The van der Waals surface area contributed by atoms with Crippen LogP contribution in [0.3, 0.4) is 0 Å². The van der Waals surface area contributed by atoms with E-state index in [-0.39, 0.29) is 6.61 Å². The van der Waals surface area contributed by atoms with Gasteiger partial charge in [0.05, 0.1) is 18.9 Å². The first-order valence-corrected chi connectivity index (χ1v) is 8.59. The van der Waals surface area contributed by atoms with Crippen molar-refractivity contribution in [2.24, 2.45) is 0 Å². The molecule has 0 bridgehead atoms. The summed E-state index contributed by atoms with van der Waals surface area (Å²) in [5, 5.41) is 12.1. The molecule has 0 unspecified atom stereocenters. The average Bonchev–Trinajstić information content (AvgIpc) is 3.16. The Labute approximate surface area is 148 Å². The van der Waals surface area contributed by atoms with E-state index in [1.165, 1.54) is 5.56 Å². The van der Waals surface area contributed by atoms with Gasteiger partial charge in [-0.05, 0) is 30.5 Å². The summed E-state index contributed by atoms with van der Waals surface area (Å²) in [6.45, 7) is 4.74. The van der Waals surface area contributed by atoms with Crippen molar-refractivity contribution < 1.29 is 9.84 Å². The first kappa shape index (κ1) is 17.6. The molecule has 0 amide bonds. The minimum absolute atomic E-state index is 0.0432. The zero-order chi connectivity index (χ0) is 17.6. The number of anilines is 2. The van der Waals surface area contributed by atoms with Crippen molar-refractivity contribution in [2.75, 3.05) is 43.6 Å². The fourth-order valence-electron chi connectivity index (χ4n) is 2.89. The number of aryl methyl sites for hydroxylation is 1. The molecule has 3 heterocycles. The highest BCUT2D eigenvalue weighted by atomic mass is 16.5. The molecule has 1 saturated heterocycles. The molecule has 25 heavy (non-hydrogen) atoms. The molecule has 1 atom stereocenters. The summed E-state index contributed by atoms with van der Waals surface area (Å²) in [5.41, 5.74) is 3.36. The van der Waals surface area contributed by atoms with Crippen molar-refractivity contribution in [2.45, 2.75) is 25.8 Å². The van der Waals surface area contributed by atoms with Crippen LogP contribution in [-0.2, 0) is 11.3 Å². The van der Waals surface area contributed by atoms with E-state index >= 15 is 0 Å². The lowest BCUT2D eigenvalue weighted by molar-refractivity contribution is 0.193. The molecule has 7 heteroatoms. The molecule has 1 fully saturated rings. The van der Waals surface area contributed by atoms with Crippen LogP contribution in [0.5, 0.6) is 0 Å². The van der Waals surface area contributed by atoms with Gasteiger partial charge in [-0.1, -0.05) is 0 Å². The minimum Gasteiger partial charge on any atom is -0.395 e. The highest BCUT2D eigenvalue weighted by Gasteiger charge is 2.21. The Bertz CT molecular complexity index is 704. The molecule has 2 aromatic heterocycles. The van der Waals surface area contributed by atoms with Crippen LogP contribution in [0.25, 0.3) is 0 Å². The van der Waals surface area contributed by atoms with Crippen LogP contribution in [0.4, 0.5) is 11.8 Å². The maximum Gasteiger partial charge on any atom is 0.224 e. The monoisotopic (exact) mass is 343 g/mol. The van der Waals surface area contributed by atoms with Crippen LogP contribution in [0.2, 0.25) is 0 Å². The second-order valence-electron chi connectivity index (χ2n) is 6.34. The average molecular weight is 343 g/mol. The summed E-state index contributed by atoms with van der Waals surface area (Å²) < 4.78 is 5.50. The van der Waals surface area contributed by atoms with Crippen molar-refractivity contribution in [1.82, 2.24) is 15.0 Å². The Morgan fingerprint density at radius 3 is 3.00 bits per heavy atom. The zero-order valence-electron chi connectivity index (χ0n) is 14.8. The molecule has 2 N–H and O–H groups in total. The van der Waals surface area contributed by atoms with E-state index in [0.717, 1.165) is 36.6 Å². The summed E-state index contributed by atoms with van der Waals surface area (Å²) in [6, 6.07) is 4.07. The molecule has 134 valence electrons. The summed E-state index contributed by atoms with van der Waals surface area (Å²) in [7, 11) is 2.02. The number of ether oxygens (including phenoxy) is 1. The predicted octanol–water partition coefficient (Wildman–Crippen LogP) is 1.72. The maximum absolute atomic E-state index is 9.06. The Kier molecular flexibility index (Phi) is 5.78. The normalized spacial score (nSPS) is 16.8. The van der Waals surface area contributed by atoms with Crippen LogP contribution in [0.1, 0.15) is 29.2 Å². The molecule has 1 aliphatic heterocycles. The fraction of sp³-hybridized carbons (Fsp3) is 0.500. The number of aliphatic hydroxyl groups excluding tert-OH is 1. The lowest BCUT2D eigenvalue weighted by atomic mass is 10.0. The van der Waals surface area contributed by atoms with E-state index in [1.54, 1.807) is 0 Å². The summed E-state index contributed by atoms with van der Waals surface area (Å²) in [5.74, 6) is 1.70. The van der Waals surface area contributed by atoms with E-state index in [4.69, 9.17) is 9.84 Å². The standard InChI is InChI=1S/C18H25N5O2/c1-13-10-19-5-3-14(13)11-23(2)17-9-16(15-4-8-25-12-15)21-18(22-17)20-6-7-24/h3,5,9-10,15,24H,4,6-8,11-12H2,1-2H3,(H,20,21,22)/t15-/m1/s1. The topological polar surface area (TPSA) is 83.4 Å². The van der Waals surface area contributed by atoms with Gasteiger partial charge in [-0.2, -0.15) is 4.98 Å². The van der Waals surface area contributed by atoms with E-state index in [1.807, 2.05) is 31.6 Å². The third-order valence-corrected chi connectivity index (χ3v) is 4.41. The quantitative estimate of drug-likeness (QED) is 0.792. The molecular weight excluding hydrogens is 318 g/mol. The summed E-state index contributed by atoms with van der Waals surface area (Å²) >= 11 is 0. The SMILES string of the molecule is Cc1cnccc1CN(C)c1cc([C@@H]2CCOC2)nc(NCCO)n1. The molecule has 0 aromatic carbocycles. The molecule has 3 rings (SSSR count). The van der Waals surface area contributed by atoms with Crippen molar-refractivity contribution in [3.05, 3.63) is 41.3 Å². The van der Waals surface area contributed by atoms with Gasteiger partial charge in [0.2, 0.25) is 5.95 Å². The van der Waals surface area contributed by atoms with Crippen LogP contribution >= 0.6 is 0 Å². The molecular formula is C18H25N5O2. The van der Waals surface area contributed by atoms with Crippen molar-refractivity contribution in [3.63, 3.8) is 0 Å². The summed E-state index contributed by atoms with van der Waals surface area (Å²) in [6.07, 6.45) is 4.66. The van der Waals surface area contributed by atoms with Gasteiger partial charge >= 0.3 is 0 Å². The van der Waals surface area contributed by atoms with E-state index in [0.29, 0.717) is 25.0 Å². The maximum atomic E-state index is 9.06. The lowest BCUT2D eigenvalue weighted by Gasteiger charge is -2.21. The Morgan fingerprint density at radius 1 is 1.40 bits per heavy atom. The molecule has 0 radical (unpaired) electrons. The van der Waals surface area contributed by atoms with E-state index in [9.17, 15) is 0 Å². The number of nitrogens with one attached hydrogen (secondary N) is 1. The minimum atomic E-state index is 0.0432. The van der Waals surface area contributed by atoms with Crippen LogP contribution < -0.4 is 10.2 Å². The van der Waals surface area contributed by atoms with Gasteiger partial charge in [0, 0.05) is 51.1 Å². The van der Waals surface area contributed by atoms with Crippen LogP contribution in [0, 0.1) is 6.92 Å². The number of rotatable bonds is 7. The first-order chi connectivity index (χ1) is 12.2. The van der Waals surface area contributed by atoms with Crippen LogP contribution in [0.15, 0.2) is 24.5 Å². The largest absolute Gasteiger partial charge is 0.395 e. The third kappa shape index (κ3) is 4.43. The van der Waals surface area contributed by atoms with Gasteiger partial charge in [0.15, 0.2) is 0 Å². The second-order valence-corrected chi connectivity index (χ2v) is 6.34. The smallest absolute Gasteiger partial charge is 0.224 e. The molecule has 0 spiro atoms. The third-order valence-electron chi connectivity index (χ3n) is 4.41. The number of aromatic nitrogens is 3. The lowest BCUT2D eigenvalue weighted by Crippen LogP contribution is -2.21. The van der Waals surface area contributed by atoms with E-state index in [2.05, 4.69) is 32.1 Å². The molecule has 2 aromatic rings. The highest BCUT2D eigenvalue weighted by molar-refractivity contribution is 5.46. The Morgan fingerprint density at radius 2 is 2.28 bits per heavy atom. The van der Waals surface area contributed by atoms with Gasteiger partial charge < -0.3 is 20.1 Å². The van der Waals surface area contributed by atoms with Gasteiger partial charge in [-0.15, -0.1) is 0 Å². The van der Waals surface area contributed by atoms with Gasteiger partial charge in [0.25, 0.3) is 0 Å². The Balaban J connectivity index is 1.84. The van der Waals surface area contributed by atoms with E-state index < -0.39 is 0 Å². The van der Waals surface area contributed by atoms with Crippen molar-refractivity contribution >= 4 is 11.8 Å². The second kappa shape index (κ2) is 8.22. The zero-order valence-corrected chi connectivity index (χ0v) is 14.8. The molecule has 1 aliphatic rings. The number of nitrogens with zero attached hydrogens (tertiary/aromatic N) is 4. The predicted molar refractivity (Wildman–Crippen MR) is 96.9 cm³/mol. The van der Waals surface area contributed by atoms with Crippen molar-refractivity contribution in [1.29, 1.82) is 0 Å².